The molecule has 1 spiro atoms. The summed E-state index contributed by atoms with van der Waals surface area (Å²) in [7, 11) is 0. The number of piperidine rings is 2. The van der Waals surface area contributed by atoms with E-state index in [9.17, 15) is 0 Å². The van der Waals surface area contributed by atoms with Crippen molar-refractivity contribution >= 4 is 16.6 Å². The average molecular weight is 571 g/mol. The van der Waals surface area contributed by atoms with Crippen LogP contribution < -0.4 is 4.90 Å². The Balaban J connectivity index is 1.07. The van der Waals surface area contributed by atoms with Gasteiger partial charge in [0.1, 0.15) is 0 Å². The van der Waals surface area contributed by atoms with Crippen LogP contribution in [0.4, 0.5) is 5.69 Å². The summed E-state index contributed by atoms with van der Waals surface area (Å²) in [6.45, 7) is 8.01. The Morgan fingerprint density at radius 1 is 1.00 bits per heavy atom. The van der Waals surface area contributed by atoms with E-state index >= 15 is 0 Å². The maximum atomic E-state index is 7.12. The molecule has 1 aliphatic carbocycles. The van der Waals surface area contributed by atoms with Gasteiger partial charge < -0.3 is 14.6 Å². The molecule has 3 saturated heterocycles. The highest BCUT2D eigenvalue weighted by atomic mass is 16.5. The normalized spacial score (nSPS) is 40.4. The van der Waals surface area contributed by atoms with Crippen LogP contribution in [0.1, 0.15) is 55.5 Å². The molecule has 5 heteroatoms. The van der Waals surface area contributed by atoms with E-state index in [1.54, 1.807) is 22.3 Å². The zero-order chi connectivity index (χ0) is 28.0. The van der Waals surface area contributed by atoms with E-state index in [1.165, 1.54) is 74.1 Å². The summed E-state index contributed by atoms with van der Waals surface area (Å²) in [5, 5.41) is 1.44. The number of aromatic amines is 1. The standard InChI is InChI=1S/C38H42N4O/c1-2-22-19-40-14-11-25-24-7-3-5-9-30(24)39-35(25)32(40)17-26(22)28-21-42-31-10-6-4-8-29(31)38-13-15-41-20-23-12-16-43-36(28)34(37(38)42)27(23)18-33(38)41/h3-10,12,21-22,26-27,32-34,36-37,39H,2,11,13-20H2,1H3/t22-,26-,27-,32-,33-,34-,36+,37+,38+/m0/s1. The number of nitrogens with one attached hydrogen (secondary N) is 1. The van der Waals surface area contributed by atoms with Crippen LogP contribution in [0.25, 0.3) is 10.9 Å². The van der Waals surface area contributed by atoms with Crippen molar-refractivity contribution in [3.8, 4) is 0 Å². The molecule has 2 aromatic carbocycles. The van der Waals surface area contributed by atoms with Gasteiger partial charge in [-0.2, -0.15) is 0 Å². The predicted octanol–water partition coefficient (Wildman–Crippen LogP) is 6.19. The van der Waals surface area contributed by atoms with Gasteiger partial charge in [-0.15, -0.1) is 0 Å². The van der Waals surface area contributed by atoms with Crippen molar-refractivity contribution in [1.82, 2.24) is 14.8 Å². The lowest BCUT2D eigenvalue weighted by Gasteiger charge is -2.60. The highest BCUT2D eigenvalue weighted by molar-refractivity contribution is 5.85. The molecule has 0 amide bonds. The highest BCUT2D eigenvalue weighted by Gasteiger charge is 2.70. The van der Waals surface area contributed by atoms with Crippen molar-refractivity contribution in [1.29, 1.82) is 0 Å². The van der Waals surface area contributed by atoms with Gasteiger partial charge in [-0.05, 0) is 78.8 Å². The molecule has 1 N–H and O–H groups in total. The molecule has 0 radical (unpaired) electrons. The summed E-state index contributed by atoms with van der Waals surface area (Å²) in [6.07, 6.45) is 11.6. The van der Waals surface area contributed by atoms with Crippen molar-refractivity contribution in [3.05, 3.63) is 88.8 Å². The van der Waals surface area contributed by atoms with E-state index in [0.29, 0.717) is 41.8 Å². The molecule has 2 bridgehead atoms. The molecule has 5 nitrogen and oxygen atoms in total. The first-order chi connectivity index (χ1) is 21.2. The predicted molar refractivity (Wildman–Crippen MR) is 170 cm³/mol. The van der Waals surface area contributed by atoms with Gasteiger partial charge in [0.25, 0.3) is 0 Å². The van der Waals surface area contributed by atoms with Gasteiger partial charge >= 0.3 is 0 Å². The molecule has 1 saturated carbocycles. The number of aromatic nitrogens is 1. The lowest BCUT2D eigenvalue weighted by molar-refractivity contribution is -0.0400. The second-order valence-corrected chi connectivity index (χ2v) is 15.1. The topological polar surface area (TPSA) is 34.7 Å². The molecule has 8 heterocycles. The van der Waals surface area contributed by atoms with Crippen LogP contribution in [0, 0.1) is 23.7 Å². The van der Waals surface area contributed by atoms with Gasteiger partial charge in [-0.1, -0.05) is 61.4 Å². The van der Waals surface area contributed by atoms with Gasteiger partial charge in [0.05, 0.1) is 24.8 Å². The fraction of sp³-hybridized carbons (Fsp3) is 0.526. The summed E-state index contributed by atoms with van der Waals surface area (Å²) < 4.78 is 7.12. The van der Waals surface area contributed by atoms with Gasteiger partial charge in [-0.3, -0.25) is 9.80 Å². The second kappa shape index (κ2) is 8.44. The summed E-state index contributed by atoms with van der Waals surface area (Å²) in [6, 6.07) is 20.2. The molecule has 0 unspecified atom stereocenters. The monoisotopic (exact) mass is 570 g/mol. The maximum absolute atomic E-state index is 7.12. The van der Waals surface area contributed by atoms with Crippen LogP contribution in [-0.2, 0) is 16.6 Å². The zero-order valence-corrected chi connectivity index (χ0v) is 25.2. The third-order valence-corrected chi connectivity index (χ3v) is 13.9. The first-order valence-corrected chi connectivity index (χ1v) is 17.2. The largest absolute Gasteiger partial charge is 0.369 e. The number of hydrogen-bond acceptors (Lipinski definition) is 4. The molecule has 8 aliphatic rings. The molecule has 3 aromatic rings. The Kier molecular flexibility index (Phi) is 4.80. The van der Waals surface area contributed by atoms with Crippen molar-refractivity contribution in [2.45, 2.75) is 68.7 Å². The molecular formula is C38H42N4O. The fourth-order valence-electron chi connectivity index (χ4n) is 12.2. The number of hydrogen-bond donors (Lipinski definition) is 1. The van der Waals surface area contributed by atoms with Crippen LogP contribution in [0.2, 0.25) is 0 Å². The van der Waals surface area contributed by atoms with Crippen molar-refractivity contribution < 1.29 is 4.74 Å². The lowest BCUT2D eigenvalue weighted by Crippen LogP contribution is -2.67. The molecule has 11 rings (SSSR count). The van der Waals surface area contributed by atoms with Gasteiger partial charge in [0, 0.05) is 65.5 Å². The summed E-state index contributed by atoms with van der Waals surface area (Å²) in [5.41, 5.74) is 11.1. The Hall–Kier alpha value is -2.86. The Morgan fingerprint density at radius 2 is 1.91 bits per heavy atom. The van der Waals surface area contributed by atoms with Crippen LogP contribution in [0.15, 0.2) is 72.0 Å². The highest BCUT2D eigenvalue weighted by Crippen LogP contribution is 2.66. The minimum absolute atomic E-state index is 0.232. The Morgan fingerprint density at radius 3 is 2.86 bits per heavy atom. The fourth-order valence-corrected chi connectivity index (χ4v) is 12.2. The Labute approximate surface area is 254 Å². The quantitative estimate of drug-likeness (QED) is 0.373. The van der Waals surface area contributed by atoms with Crippen LogP contribution in [-0.4, -0.2) is 65.8 Å². The number of H-pyrrole nitrogens is 1. The SMILES string of the molecule is CC[C@H]1CN2CCc3c([nH]c4ccccc34)[C@@H]2C[C@@H]1C1=CN2c3ccccc3[C@]34CCN5CC6=CCO[C@H]1[C@H]([C@H]6C[C@H]53)[C@@H]24. The second-order valence-electron chi connectivity index (χ2n) is 15.1. The van der Waals surface area contributed by atoms with Crippen LogP contribution in [0.5, 0.6) is 0 Å². The lowest BCUT2D eigenvalue weighted by atomic mass is 9.52. The number of nitrogens with zero attached hydrogens (tertiary/aromatic N) is 3. The molecule has 43 heavy (non-hydrogen) atoms. The molecular weight excluding hydrogens is 528 g/mol. The molecule has 9 atom stereocenters. The van der Waals surface area contributed by atoms with Crippen LogP contribution in [0.3, 0.4) is 0 Å². The number of fused-ring (bicyclic) bond motifs is 7. The number of rotatable bonds is 2. The van der Waals surface area contributed by atoms with Crippen LogP contribution >= 0.6 is 0 Å². The van der Waals surface area contributed by atoms with Crippen molar-refractivity contribution in [3.63, 3.8) is 0 Å². The van der Waals surface area contributed by atoms with E-state index in [-0.39, 0.29) is 11.5 Å². The summed E-state index contributed by atoms with van der Waals surface area (Å²) >= 11 is 0. The molecule has 7 aliphatic heterocycles. The van der Waals surface area contributed by atoms with E-state index in [4.69, 9.17) is 4.74 Å². The summed E-state index contributed by atoms with van der Waals surface area (Å²) in [4.78, 5) is 12.4. The van der Waals surface area contributed by atoms with E-state index < -0.39 is 0 Å². The third-order valence-electron chi connectivity index (χ3n) is 13.9. The average Bonchev–Trinajstić information content (AvgIpc) is 3.67. The molecule has 1 aromatic heterocycles. The van der Waals surface area contributed by atoms with E-state index in [2.05, 4.69) is 87.4 Å². The van der Waals surface area contributed by atoms with E-state index in [0.717, 1.165) is 13.0 Å². The minimum atomic E-state index is 0.232. The van der Waals surface area contributed by atoms with Gasteiger partial charge in [0.15, 0.2) is 0 Å². The van der Waals surface area contributed by atoms with Crippen molar-refractivity contribution in [2.75, 3.05) is 37.7 Å². The Bertz CT molecular complexity index is 1740. The first-order valence-electron chi connectivity index (χ1n) is 17.2. The smallest absolute Gasteiger partial charge is 0.0863 e. The zero-order valence-electron chi connectivity index (χ0n) is 25.2. The minimum Gasteiger partial charge on any atom is -0.369 e. The van der Waals surface area contributed by atoms with Gasteiger partial charge in [-0.25, -0.2) is 0 Å². The number of benzene rings is 2. The van der Waals surface area contributed by atoms with Gasteiger partial charge in [0.2, 0.25) is 0 Å². The third kappa shape index (κ3) is 2.91. The first kappa shape index (κ1) is 24.5. The number of para-hydroxylation sites is 2. The molecule has 4 fully saturated rings. The number of anilines is 1. The van der Waals surface area contributed by atoms with E-state index in [1.807, 2.05) is 0 Å². The van der Waals surface area contributed by atoms with Crippen molar-refractivity contribution in [2.24, 2.45) is 23.7 Å². The summed E-state index contributed by atoms with van der Waals surface area (Å²) in [5.74, 6) is 2.41. The number of ether oxygens (including phenoxy) is 1. The maximum Gasteiger partial charge on any atom is 0.0863 e. The molecule has 220 valence electrons.